The van der Waals surface area contributed by atoms with Crippen molar-refractivity contribution in [2.24, 2.45) is 11.8 Å². The average Bonchev–Trinajstić information content (AvgIpc) is 3.02. The molecule has 0 amide bonds. The number of β-amino-alcohol motifs (C(OH)–C–C–N with tert-alkyl or cyclic N) is 1. The van der Waals surface area contributed by atoms with Crippen LogP contribution in [-0.2, 0) is 6.54 Å². The summed E-state index contributed by atoms with van der Waals surface area (Å²) in [4.78, 5) is 23.8. The number of hydrogen-bond acceptors (Lipinski definition) is 4. The zero-order valence-electron chi connectivity index (χ0n) is 13.2. The van der Waals surface area contributed by atoms with Gasteiger partial charge < -0.3 is 15.1 Å². The molecule has 3 rings (SSSR count). The van der Waals surface area contributed by atoms with Crippen molar-refractivity contribution < 1.29 is 5.11 Å². The topological polar surface area (TPSA) is 85.0 Å². The number of aliphatic hydroxyl groups is 1. The second kappa shape index (κ2) is 6.22. The van der Waals surface area contributed by atoms with Crippen molar-refractivity contribution in [3.05, 3.63) is 28.4 Å². The number of likely N-dealkylation sites (tertiary alicyclic amines) is 1. The van der Waals surface area contributed by atoms with Crippen LogP contribution in [0.4, 0.5) is 0 Å². The molecule has 1 saturated heterocycles. The van der Waals surface area contributed by atoms with E-state index in [2.05, 4.69) is 33.7 Å². The fourth-order valence-corrected chi connectivity index (χ4v) is 3.27. The van der Waals surface area contributed by atoms with E-state index in [0.29, 0.717) is 30.4 Å². The van der Waals surface area contributed by atoms with Crippen LogP contribution in [0.25, 0.3) is 11.0 Å². The third kappa shape index (κ3) is 3.08. The Morgan fingerprint density at radius 3 is 3.00 bits per heavy atom. The maximum absolute atomic E-state index is 11.7. The number of fused-ring (bicyclic) bond motifs is 1. The van der Waals surface area contributed by atoms with Crippen LogP contribution in [0.15, 0.2) is 17.3 Å². The summed E-state index contributed by atoms with van der Waals surface area (Å²) in [6.45, 7) is 6.75. The fourth-order valence-electron chi connectivity index (χ4n) is 3.27. The maximum Gasteiger partial charge on any atom is 0.275 e. The van der Waals surface area contributed by atoms with Crippen molar-refractivity contribution in [2.75, 3.05) is 13.1 Å². The number of H-pyrrole nitrogens is 2. The van der Waals surface area contributed by atoms with Gasteiger partial charge in [0.25, 0.3) is 5.56 Å². The molecule has 3 heterocycles. The number of rotatable bonds is 5. The highest BCUT2D eigenvalue weighted by Crippen LogP contribution is 2.26. The maximum atomic E-state index is 11.7. The molecule has 6 nitrogen and oxygen atoms in total. The summed E-state index contributed by atoms with van der Waals surface area (Å²) < 4.78 is 0. The van der Waals surface area contributed by atoms with Crippen LogP contribution in [0, 0.1) is 11.8 Å². The van der Waals surface area contributed by atoms with Gasteiger partial charge in [-0.05, 0) is 18.3 Å². The van der Waals surface area contributed by atoms with Crippen molar-refractivity contribution in [3.8, 4) is 0 Å². The lowest BCUT2D eigenvalue weighted by molar-refractivity contribution is 0.134. The number of hydrogen-bond donors (Lipinski definition) is 3. The van der Waals surface area contributed by atoms with Gasteiger partial charge >= 0.3 is 0 Å². The molecule has 0 spiro atoms. The Labute approximate surface area is 129 Å². The summed E-state index contributed by atoms with van der Waals surface area (Å²) in [7, 11) is 0. The van der Waals surface area contributed by atoms with Gasteiger partial charge in [-0.3, -0.25) is 9.69 Å². The van der Waals surface area contributed by atoms with Gasteiger partial charge in [0, 0.05) is 31.4 Å². The van der Waals surface area contributed by atoms with Gasteiger partial charge in [0.15, 0.2) is 0 Å². The third-order valence-electron chi connectivity index (χ3n) is 4.54. The molecule has 6 heteroatoms. The van der Waals surface area contributed by atoms with Gasteiger partial charge in [0.2, 0.25) is 0 Å². The van der Waals surface area contributed by atoms with Gasteiger partial charge in [-0.1, -0.05) is 20.3 Å². The first-order chi connectivity index (χ1) is 10.5. The van der Waals surface area contributed by atoms with Gasteiger partial charge in [0.1, 0.15) is 5.52 Å². The van der Waals surface area contributed by atoms with Gasteiger partial charge in [-0.25, -0.2) is 4.98 Å². The Morgan fingerprint density at radius 1 is 1.41 bits per heavy atom. The summed E-state index contributed by atoms with van der Waals surface area (Å²) in [5.41, 5.74) is 2.11. The first kappa shape index (κ1) is 15.2. The van der Waals surface area contributed by atoms with Crippen LogP contribution in [0.2, 0.25) is 0 Å². The van der Waals surface area contributed by atoms with E-state index in [4.69, 9.17) is 0 Å². The molecular formula is C16H24N4O2. The molecule has 1 aliphatic rings. The lowest BCUT2D eigenvalue weighted by atomic mass is 9.96. The van der Waals surface area contributed by atoms with E-state index < -0.39 is 0 Å². The smallest absolute Gasteiger partial charge is 0.275 e. The van der Waals surface area contributed by atoms with E-state index in [9.17, 15) is 9.90 Å². The van der Waals surface area contributed by atoms with Crippen LogP contribution in [0.5, 0.6) is 0 Å². The number of aromatic nitrogens is 3. The molecule has 120 valence electrons. The fraction of sp³-hybridized carbons (Fsp3) is 0.625. The van der Waals surface area contributed by atoms with Crippen LogP contribution in [0.3, 0.4) is 0 Å². The molecule has 0 bridgehead atoms. The van der Waals surface area contributed by atoms with Crippen LogP contribution < -0.4 is 5.56 Å². The van der Waals surface area contributed by atoms with E-state index in [1.807, 2.05) is 6.20 Å². The molecule has 2 aromatic rings. The molecule has 0 radical (unpaired) electrons. The molecule has 22 heavy (non-hydrogen) atoms. The zero-order valence-corrected chi connectivity index (χ0v) is 13.2. The Kier molecular flexibility index (Phi) is 4.31. The highest BCUT2D eigenvalue weighted by molar-refractivity contribution is 5.77. The molecule has 3 N–H and O–H groups in total. The van der Waals surface area contributed by atoms with Crippen molar-refractivity contribution in [1.82, 2.24) is 19.9 Å². The monoisotopic (exact) mass is 304 g/mol. The van der Waals surface area contributed by atoms with Crippen molar-refractivity contribution in [2.45, 2.75) is 39.3 Å². The minimum absolute atomic E-state index is 0.146. The highest BCUT2D eigenvalue weighted by Gasteiger charge is 2.31. The SMILES string of the molecule is CC(C)CC[C@H]1CN(Cc2c[nH]c3c(=O)[nH]cnc23)C[C@@H]1O. The Balaban J connectivity index is 1.68. The second-order valence-corrected chi connectivity index (χ2v) is 6.76. The lowest BCUT2D eigenvalue weighted by Crippen LogP contribution is -2.21. The van der Waals surface area contributed by atoms with Gasteiger partial charge in [-0.2, -0.15) is 0 Å². The molecule has 1 aliphatic heterocycles. The first-order valence-corrected chi connectivity index (χ1v) is 7.98. The van der Waals surface area contributed by atoms with Crippen LogP contribution in [-0.4, -0.2) is 44.2 Å². The number of nitrogens with zero attached hydrogens (tertiary/aromatic N) is 2. The Morgan fingerprint density at radius 2 is 2.23 bits per heavy atom. The van der Waals surface area contributed by atoms with Crippen molar-refractivity contribution in [3.63, 3.8) is 0 Å². The third-order valence-corrected chi connectivity index (χ3v) is 4.54. The molecule has 1 fully saturated rings. The minimum atomic E-state index is -0.250. The molecule has 0 aromatic carbocycles. The largest absolute Gasteiger partial charge is 0.391 e. The molecule has 2 aromatic heterocycles. The average molecular weight is 304 g/mol. The van der Waals surface area contributed by atoms with E-state index in [0.717, 1.165) is 30.5 Å². The van der Waals surface area contributed by atoms with Gasteiger partial charge in [0.05, 0.1) is 17.9 Å². The quantitative estimate of drug-likeness (QED) is 0.781. The minimum Gasteiger partial charge on any atom is -0.391 e. The van der Waals surface area contributed by atoms with E-state index in [1.165, 1.54) is 6.33 Å². The van der Waals surface area contributed by atoms with Crippen LogP contribution >= 0.6 is 0 Å². The predicted octanol–water partition coefficient (Wildman–Crippen LogP) is 1.48. The number of aromatic amines is 2. The lowest BCUT2D eigenvalue weighted by Gasteiger charge is -2.15. The van der Waals surface area contributed by atoms with E-state index in [1.54, 1.807) is 0 Å². The van der Waals surface area contributed by atoms with Gasteiger partial charge in [-0.15, -0.1) is 0 Å². The Hall–Kier alpha value is -1.66. The first-order valence-electron chi connectivity index (χ1n) is 7.98. The van der Waals surface area contributed by atoms with Crippen molar-refractivity contribution >= 4 is 11.0 Å². The van der Waals surface area contributed by atoms with E-state index >= 15 is 0 Å². The molecule has 0 aliphatic carbocycles. The normalized spacial score (nSPS) is 22.9. The molecule has 0 unspecified atom stereocenters. The number of aliphatic hydroxyl groups excluding tert-OH is 1. The summed E-state index contributed by atoms with van der Waals surface area (Å²) in [6.07, 6.45) is 5.26. The zero-order chi connectivity index (χ0) is 15.7. The second-order valence-electron chi connectivity index (χ2n) is 6.76. The molecule has 2 atom stereocenters. The summed E-state index contributed by atoms with van der Waals surface area (Å²) in [5.74, 6) is 1.02. The molecule has 0 saturated carbocycles. The Bertz CT molecular complexity index is 691. The molecular weight excluding hydrogens is 280 g/mol. The summed E-state index contributed by atoms with van der Waals surface area (Å²) in [5, 5.41) is 10.2. The highest BCUT2D eigenvalue weighted by atomic mass is 16.3. The summed E-state index contributed by atoms with van der Waals surface area (Å²) in [6, 6.07) is 0. The van der Waals surface area contributed by atoms with Crippen molar-refractivity contribution in [1.29, 1.82) is 0 Å². The standard InChI is InChI=1S/C16H24N4O2/c1-10(2)3-4-11-6-20(8-13(11)21)7-12-5-17-15-14(12)18-9-19-16(15)22/h5,9-11,13,17,21H,3-4,6-8H2,1-2H3,(H,18,19,22)/t11-,13-/m0/s1. The van der Waals surface area contributed by atoms with E-state index in [-0.39, 0.29) is 11.7 Å². The predicted molar refractivity (Wildman–Crippen MR) is 85.6 cm³/mol. The number of nitrogens with one attached hydrogen (secondary N) is 2. The summed E-state index contributed by atoms with van der Waals surface area (Å²) >= 11 is 0. The van der Waals surface area contributed by atoms with Crippen LogP contribution in [0.1, 0.15) is 32.3 Å².